The van der Waals surface area contributed by atoms with Gasteiger partial charge in [0.25, 0.3) is 0 Å². The van der Waals surface area contributed by atoms with Crippen LogP contribution in [-0.2, 0) is 0 Å². The highest BCUT2D eigenvalue weighted by Gasteiger charge is 2.13. The van der Waals surface area contributed by atoms with E-state index in [1.165, 1.54) is 0 Å². The van der Waals surface area contributed by atoms with Crippen LogP contribution in [0.2, 0.25) is 0 Å². The molecule has 0 saturated carbocycles. The lowest BCUT2D eigenvalue weighted by Gasteiger charge is -2.21. The largest absolute Gasteiger partial charge is 0.367 e. The molecule has 0 bridgehead atoms. The van der Waals surface area contributed by atoms with Crippen molar-refractivity contribution in [3.05, 3.63) is 24.3 Å². The quantitative estimate of drug-likeness (QED) is 0.861. The van der Waals surface area contributed by atoms with Crippen molar-refractivity contribution >= 4 is 22.7 Å². The molecule has 1 aromatic carbocycles. The first-order valence-electron chi connectivity index (χ1n) is 6.86. The van der Waals surface area contributed by atoms with Crippen LogP contribution in [0.3, 0.4) is 0 Å². The minimum atomic E-state index is 0.382. The van der Waals surface area contributed by atoms with Gasteiger partial charge in [0, 0.05) is 18.5 Å². The molecule has 2 atom stereocenters. The van der Waals surface area contributed by atoms with E-state index < -0.39 is 0 Å². The van der Waals surface area contributed by atoms with Crippen molar-refractivity contribution < 1.29 is 0 Å². The molecule has 1 aromatic heterocycles. The number of nitrogens with one attached hydrogen (secondary N) is 2. The van der Waals surface area contributed by atoms with Gasteiger partial charge in [-0.25, -0.2) is 4.98 Å². The summed E-state index contributed by atoms with van der Waals surface area (Å²) in [6.07, 6.45) is 1.15. The highest BCUT2D eigenvalue weighted by atomic mass is 15.1. The Balaban J connectivity index is 2.40. The van der Waals surface area contributed by atoms with Gasteiger partial charge in [0.2, 0.25) is 5.95 Å². The zero-order valence-electron chi connectivity index (χ0n) is 12.1. The summed E-state index contributed by atoms with van der Waals surface area (Å²) >= 11 is 0. The summed E-state index contributed by atoms with van der Waals surface area (Å²) in [5, 5.41) is 7.60. The van der Waals surface area contributed by atoms with E-state index in [-0.39, 0.29) is 0 Å². The number of hydrogen-bond donors (Lipinski definition) is 2. The van der Waals surface area contributed by atoms with Gasteiger partial charge in [-0.1, -0.05) is 32.4 Å². The summed E-state index contributed by atoms with van der Waals surface area (Å²) in [5.41, 5.74) is 0.959. The number of hydrogen-bond acceptors (Lipinski definition) is 4. The summed E-state index contributed by atoms with van der Waals surface area (Å²) in [7, 11) is 1.84. The number of aromatic nitrogens is 2. The molecule has 0 saturated heterocycles. The fourth-order valence-corrected chi connectivity index (χ4v) is 2.01. The van der Waals surface area contributed by atoms with E-state index in [2.05, 4.69) is 47.4 Å². The van der Waals surface area contributed by atoms with Crippen molar-refractivity contribution in [1.29, 1.82) is 0 Å². The Morgan fingerprint density at radius 3 is 2.58 bits per heavy atom. The number of rotatable bonds is 5. The number of nitrogens with zero attached hydrogens (tertiary/aromatic N) is 2. The Kier molecular flexibility index (Phi) is 4.20. The Morgan fingerprint density at radius 1 is 1.16 bits per heavy atom. The van der Waals surface area contributed by atoms with Crippen molar-refractivity contribution in [1.82, 2.24) is 9.97 Å². The van der Waals surface area contributed by atoms with Crippen molar-refractivity contribution in [3.8, 4) is 0 Å². The lowest BCUT2D eigenvalue weighted by atomic mass is 10.0. The van der Waals surface area contributed by atoms with Crippen LogP contribution in [0, 0.1) is 5.92 Å². The molecular formula is C15H22N4. The molecule has 0 spiro atoms. The van der Waals surface area contributed by atoms with Crippen molar-refractivity contribution in [2.75, 3.05) is 17.7 Å². The second-order valence-electron chi connectivity index (χ2n) is 4.98. The molecule has 102 valence electrons. The monoisotopic (exact) mass is 258 g/mol. The van der Waals surface area contributed by atoms with Crippen LogP contribution in [0.15, 0.2) is 24.3 Å². The van der Waals surface area contributed by atoms with Gasteiger partial charge in [-0.05, 0) is 25.0 Å². The zero-order valence-corrected chi connectivity index (χ0v) is 12.1. The van der Waals surface area contributed by atoms with Crippen LogP contribution in [0.25, 0.3) is 10.9 Å². The SMILES string of the molecule is CCC(C)C(C)Nc1nc(NC)nc2ccccc12. The topological polar surface area (TPSA) is 49.8 Å². The van der Waals surface area contributed by atoms with Gasteiger partial charge < -0.3 is 10.6 Å². The Bertz CT molecular complexity index is 553. The molecule has 0 aliphatic heterocycles. The maximum Gasteiger partial charge on any atom is 0.224 e. The van der Waals surface area contributed by atoms with Gasteiger partial charge in [0.15, 0.2) is 0 Å². The predicted molar refractivity (Wildman–Crippen MR) is 81.6 cm³/mol. The minimum Gasteiger partial charge on any atom is -0.367 e. The molecule has 2 rings (SSSR count). The van der Waals surface area contributed by atoms with Gasteiger partial charge in [-0.2, -0.15) is 4.98 Å². The standard InChI is InChI=1S/C15H22N4/c1-5-10(2)11(3)17-14-12-8-6-7-9-13(12)18-15(16-4)19-14/h6-11H,5H2,1-4H3,(H2,16,17,18,19). The maximum atomic E-state index is 4.54. The van der Waals surface area contributed by atoms with E-state index in [4.69, 9.17) is 0 Å². The molecule has 0 aliphatic carbocycles. The first-order valence-corrected chi connectivity index (χ1v) is 6.86. The third-order valence-electron chi connectivity index (χ3n) is 3.69. The molecule has 19 heavy (non-hydrogen) atoms. The van der Waals surface area contributed by atoms with Crippen LogP contribution in [0.1, 0.15) is 27.2 Å². The molecule has 0 fully saturated rings. The minimum absolute atomic E-state index is 0.382. The number of para-hydroxylation sites is 1. The van der Waals surface area contributed by atoms with E-state index in [0.29, 0.717) is 17.9 Å². The third-order valence-corrected chi connectivity index (χ3v) is 3.69. The number of benzene rings is 1. The van der Waals surface area contributed by atoms with Gasteiger partial charge >= 0.3 is 0 Å². The first-order chi connectivity index (χ1) is 9.15. The van der Waals surface area contributed by atoms with Gasteiger partial charge in [-0.15, -0.1) is 0 Å². The van der Waals surface area contributed by atoms with Crippen LogP contribution < -0.4 is 10.6 Å². The van der Waals surface area contributed by atoms with Gasteiger partial charge in [0.05, 0.1) is 5.52 Å². The van der Waals surface area contributed by atoms with E-state index >= 15 is 0 Å². The molecule has 4 heteroatoms. The molecule has 4 nitrogen and oxygen atoms in total. The van der Waals surface area contributed by atoms with Gasteiger partial charge in [0.1, 0.15) is 5.82 Å². The smallest absolute Gasteiger partial charge is 0.224 e. The normalized spacial score (nSPS) is 14.1. The molecule has 0 amide bonds. The lowest BCUT2D eigenvalue weighted by molar-refractivity contribution is 0.494. The average molecular weight is 258 g/mol. The number of fused-ring (bicyclic) bond motifs is 1. The Hall–Kier alpha value is -1.84. The van der Waals surface area contributed by atoms with E-state index in [1.54, 1.807) is 0 Å². The summed E-state index contributed by atoms with van der Waals surface area (Å²) in [6, 6.07) is 8.46. The molecule has 0 aliphatic rings. The highest BCUT2D eigenvalue weighted by Crippen LogP contribution is 2.23. The van der Waals surface area contributed by atoms with Crippen LogP contribution >= 0.6 is 0 Å². The number of anilines is 2. The van der Waals surface area contributed by atoms with Crippen molar-refractivity contribution in [3.63, 3.8) is 0 Å². The molecule has 2 N–H and O–H groups in total. The predicted octanol–water partition coefficient (Wildman–Crippen LogP) is 3.52. The average Bonchev–Trinajstić information content (AvgIpc) is 2.46. The van der Waals surface area contributed by atoms with Gasteiger partial charge in [-0.3, -0.25) is 0 Å². The summed E-state index contributed by atoms with van der Waals surface area (Å²) < 4.78 is 0. The highest BCUT2D eigenvalue weighted by molar-refractivity contribution is 5.90. The Morgan fingerprint density at radius 2 is 1.89 bits per heavy atom. The molecule has 2 unspecified atom stereocenters. The second kappa shape index (κ2) is 5.87. The second-order valence-corrected chi connectivity index (χ2v) is 4.98. The van der Waals surface area contributed by atoms with Crippen molar-refractivity contribution in [2.45, 2.75) is 33.2 Å². The third kappa shape index (κ3) is 2.95. The molecular weight excluding hydrogens is 236 g/mol. The summed E-state index contributed by atoms with van der Waals surface area (Å²) in [6.45, 7) is 6.66. The van der Waals surface area contributed by atoms with Crippen molar-refractivity contribution in [2.24, 2.45) is 5.92 Å². The molecule has 1 heterocycles. The summed E-state index contributed by atoms with van der Waals surface area (Å²) in [4.78, 5) is 9.01. The molecule has 0 radical (unpaired) electrons. The van der Waals surface area contributed by atoms with E-state index in [0.717, 1.165) is 23.1 Å². The fraction of sp³-hybridized carbons (Fsp3) is 0.467. The van der Waals surface area contributed by atoms with E-state index in [1.807, 2.05) is 25.2 Å². The van der Waals surface area contributed by atoms with Crippen LogP contribution in [0.4, 0.5) is 11.8 Å². The zero-order chi connectivity index (χ0) is 13.8. The maximum absolute atomic E-state index is 4.54. The van der Waals surface area contributed by atoms with E-state index in [9.17, 15) is 0 Å². The first kappa shape index (κ1) is 13.6. The summed E-state index contributed by atoms with van der Waals surface area (Å²) in [5.74, 6) is 2.16. The Labute approximate surface area is 114 Å². The fourth-order valence-electron chi connectivity index (χ4n) is 2.01. The molecule has 2 aromatic rings. The lowest BCUT2D eigenvalue weighted by Crippen LogP contribution is -2.24. The van der Waals surface area contributed by atoms with Crippen LogP contribution in [-0.4, -0.2) is 23.1 Å². The van der Waals surface area contributed by atoms with Crippen LogP contribution in [0.5, 0.6) is 0 Å².